The fourth-order valence-electron chi connectivity index (χ4n) is 1.99. The van der Waals surface area contributed by atoms with Gasteiger partial charge in [0.2, 0.25) is 0 Å². The molecule has 0 unspecified atom stereocenters. The van der Waals surface area contributed by atoms with E-state index in [1.54, 1.807) is 13.2 Å². The molecule has 0 aliphatic heterocycles. The van der Waals surface area contributed by atoms with Gasteiger partial charge < -0.3 is 10.1 Å². The monoisotopic (exact) mass is 350 g/mol. The SMILES string of the molecule is COc1ccc([N+](=O)[O-])cc1CNCc1ccccc1Br. The maximum Gasteiger partial charge on any atom is 0.270 e. The number of rotatable bonds is 6. The van der Waals surface area contributed by atoms with Gasteiger partial charge in [-0.3, -0.25) is 10.1 Å². The van der Waals surface area contributed by atoms with Crippen molar-refractivity contribution in [2.45, 2.75) is 13.1 Å². The highest BCUT2D eigenvalue weighted by molar-refractivity contribution is 9.10. The van der Waals surface area contributed by atoms with Crippen LogP contribution in [0, 0.1) is 10.1 Å². The first-order valence-electron chi connectivity index (χ1n) is 6.37. The first-order valence-corrected chi connectivity index (χ1v) is 7.16. The summed E-state index contributed by atoms with van der Waals surface area (Å²) in [7, 11) is 1.55. The van der Waals surface area contributed by atoms with Gasteiger partial charge in [0.15, 0.2) is 0 Å². The van der Waals surface area contributed by atoms with Crippen molar-refractivity contribution in [1.82, 2.24) is 5.32 Å². The van der Waals surface area contributed by atoms with E-state index in [1.807, 2.05) is 24.3 Å². The van der Waals surface area contributed by atoms with Crippen LogP contribution in [0.5, 0.6) is 5.75 Å². The quantitative estimate of drug-likeness (QED) is 0.637. The van der Waals surface area contributed by atoms with Gasteiger partial charge >= 0.3 is 0 Å². The van der Waals surface area contributed by atoms with Crippen molar-refractivity contribution in [3.05, 3.63) is 68.2 Å². The summed E-state index contributed by atoms with van der Waals surface area (Å²) in [5.74, 6) is 0.639. The molecule has 0 saturated heterocycles. The molecule has 2 aromatic rings. The Balaban J connectivity index is 2.07. The predicted molar refractivity (Wildman–Crippen MR) is 84.3 cm³/mol. The number of hydrogen-bond acceptors (Lipinski definition) is 4. The van der Waals surface area contributed by atoms with Crippen LogP contribution in [-0.4, -0.2) is 12.0 Å². The normalized spacial score (nSPS) is 10.4. The molecule has 0 aliphatic rings. The highest BCUT2D eigenvalue weighted by atomic mass is 79.9. The number of nitro benzene ring substituents is 1. The second-order valence-electron chi connectivity index (χ2n) is 4.45. The number of methoxy groups -OCH3 is 1. The van der Waals surface area contributed by atoms with Crippen LogP contribution in [-0.2, 0) is 13.1 Å². The van der Waals surface area contributed by atoms with Crippen LogP contribution in [0.1, 0.15) is 11.1 Å². The van der Waals surface area contributed by atoms with Gasteiger partial charge in [-0.1, -0.05) is 34.1 Å². The van der Waals surface area contributed by atoms with Crippen LogP contribution in [0.25, 0.3) is 0 Å². The number of non-ortho nitro benzene ring substituents is 1. The molecule has 2 rings (SSSR count). The van der Waals surface area contributed by atoms with Crippen LogP contribution in [0.15, 0.2) is 46.9 Å². The van der Waals surface area contributed by atoms with Gasteiger partial charge in [0.05, 0.1) is 12.0 Å². The molecule has 0 fully saturated rings. The summed E-state index contributed by atoms with van der Waals surface area (Å²) < 4.78 is 6.27. The van der Waals surface area contributed by atoms with Gasteiger partial charge in [0.25, 0.3) is 5.69 Å². The van der Waals surface area contributed by atoms with Gasteiger partial charge in [-0.25, -0.2) is 0 Å². The molecule has 0 spiro atoms. The number of nitro groups is 1. The third-order valence-corrected chi connectivity index (χ3v) is 3.84. The van der Waals surface area contributed by atoms with Gasteiger partial charge in [-0.05, 0) is 17.7 Å². The number of ether oxygens (including phenoxy) is 1. The summed E-state index contributed by atoms with van der Waals surface area (Å²) in [6, 6.07) is 12.5. The highest BCUT2D eigenvalue weighted by Gasteiger charge is 2.11. The Bertz CT molecular complexity index is 647. The molecule has 5 nitrogen and oxygen atoms in total. The van der Waals surface area contributed by atoms with E-state index in [0.29, 0.717) is 18.8 Å². The Labute approximate surface area is 131 Å². The van der Waals surface area contributed by atoms with Crippen molar-refractivity contribution in [2.75, 3.05) is 7.11 Å². The van der Waals surface area contributed by atoms with E-state index in [1.165, 1.54) is 12.1 Å². The molecule has 0 aromatic heterocycles. The lowest BCUT2D eigenvalue weighted by atomic mass is 10.1. The van der Waals surface area contributed by atoms with Crippen molar-refractivity contribution >= 4 is 21.6 Å². The van der Waals surface area contributed by atoms with Crippen LogP contribution in [0.3, 0.4) is 0 Å². The Morgan fingerprint density at radius 3 is 2.57 bits per heavy atom. The standard InChI is InChI=1S/C15H15BrN2O3/c1-21-15-7-6-13(18(19)20)8-12(15)10-17-9-11-4-2-3-5-14(11)16/h2-8,17H,9-10H2,1H3. The molecule has 2 aromatic carbocycles. The Hall–Kier alpha value is -1.92. The van der Waals surface area contributed by atoms with E-state index < -0.39 is 4.92 Å². The first-order chi connectivity index (χ1) is 10.1. The van der Waals surface area contributed by atoms with Crippen molar-refractivity contribution in [3.63, 3.8) is 0 Å². The fraction of sp³-hybridized carbons (Fsp3) is 0.200. The molecule has 21 heavy (non-hydrogen) atoms. The molecular formula is C15H15BrN2O3. The second kappa shape index (κ2) is 7.19. The van der Waals surface area contributed by atoms with Crippen molar-refractivity contribution in [1.29, 1.82) is 0 Å². The zero-order valence-corrected chi connectivity index (χ0v) is 13.1. The van der Waals surface area contributed by atoms with Gasteiger partial charge in [-0.15, -0.1) is 0 Å². The molecule has 0 bridgehead atoms. The van der Waals surface area contributed by atoms with Crippen molar-refractivity contribution < 1.29 is 9.66 Å². The number of nitrogens with one attached hydrogen (secondary N) is 1. The van der Waals surface area contributed by atoms with E-state index in [-0.39, 0.29) is 5.69 Å². The molecule has 0 atom stereocenters. The molecule has 0 aliphatic carbocycles. The van der Waals surface area contributed by atoms with Gasteiger partial charge in [-0.2, -0.15) is 0 Å². The molecule has 6 heteroatoms. The van der Waals surface area contributed by atoms with Crippen LogP contribution >= 0.6 is 15.9 Å². The number of hydrogen-bond donors (Lipinski definition) is 1. The number of nitrogens with zero attached hydrogens (tertiary/aromatic N) is 1. The molecular weight excluding hydrogens is 336 g/mol. The lowest BCUT2D eigenvalue weighted by Crippen LogP contribution is -2.14. The maximum absolute atomic E-state index is 10.8. The minimum absolute atomic E-state index is 0.0634. The minimum atomic E-state index is -0.406. The largest absolute Gasteiger partial charge is 0.496 e. The van der Waals surface area contributed by atoms with Crippen LogP contribution in [0.2, 0.25) is 0 Å². The Kier molecular flexibility index (Phi) is 5.30. The Morgan fingerprint density at radius 1 is 1.19 bits per heavy atom. The number of benzene rings is 2. The smallest absolute Gasteiger partial charge is 0.270 e. The topological polar surface area (TPSA) is 64.4 Å². The zero-order chi connectivity index (χ0) is 15.2. The average molecular weight is 351 g/mol. The predicted octanol–water partition coefficient (Wildman–Crippen LogP) is 3.66. The summed E-state index contributed by atoms with van der Waals surface area (Å²) in [5, 5.41) is 14.1. The summed E-state index contributed by atoms with van der Waals surface area (Å²) in [5.41, 5.74) is 1.95. The van der Waals surface area contributed by atoms with E-state index >= 15 is 0 Å². The Morgan fingerprint density at radius 2 is 1.90 bits per heavy atom. The highest BCUT2D eigenvalue weighted by Crippen LogP contribution is 2.24. The third kappa shape index (κ3) is 4.03. The van der Waals surface area contributed by atoms with Crippen LogP contribution in [0.4, 0.5) is 5.69 Å². The molecule has 110 valence electrons. The summed E-state index contributed by atoms with van der Waals surface area (Å²) in [6.07, 6.45) is 0. The lowest BCUT2D eigenvalue weighted by molar-refractivity contribution is -0.384. The average Bonchev–Trinajstić information content (AvgIpc) is 2.49. The van der Waals surface area contributed by atoms with Crippen molar-refractivity contribution in [3.8, 4) is 5.75 Å². The van der Waals surface area contributed by atoms with E-state index in [0.717, 1.165) is 15.6 Å². The molecule has 0 saturated carbocycles. The summed E-state index contributed by atoms with van der Waals surface area (Å²) in [4.78, 5) is 10.4. The van der Waals surface area contributed by atoms with E-state index in [9.17, 15) is 10.1 Å². The summed E-state index contributed by atoms with van der Waals surface area (Å²) in [6.45, 7) is 1.15. The minimum Gasteiger partial charge on any atom is -0.496 e. The van der Waals surface area contributed by atoms with E-state index in [2.05, 4.69) is 21.2 Å². The summed E-state index contributed by atoms with van der Waals surface area (Å²) >= 11 is 3.49. The molecule has 0 heterocycles. The maximum atomic E-state index is 10.8. The third-order valence-electron chi connectivity index (χ3n) is 3.06. The lowest BCUT2D eigenvalue weighted by Gasteiger charge is -2.10. The zero-order valence-electron chi connectivity index (χ0n) is 11.5. The second-order valence-corrected chi connectivity index (χ2v) is 5.30. The van der Waals surface area contributed by atoms with Gasteiger partial charge in [0, 0.05) is 35.3 Å². The van der Waals surface area contributed by atoms with Crippen LogP contribution < -0.4 is 10.1 Å². The fourth-order valence-corrected chi connectivity index (χ4v) is 2.42. The van der Waals surface area contributed by atoms with E-state index in [4.69, 9.17) is 4.74 Å². The first kappa shape index (κ1) is 15.5. The molecule has 0 radical (unpaired) electrons. The van der Waals surface area contributed by atoms with Gasteiger partial charge in [0.1, 0.15) is 5.75 Å². The number of halogens is 1. The van der Waals surface area contributed by atoms with Crippen molar-refractivity contribution in [2.24, 2.45) is 0 Å². The molecule has 0 amide bonds. The molecule has 1 N–H and O–H groups in total.